The van der Waals surface area contributed by atoms with Crippen molar-refractivity contribution >= 4 is 17.2 Å². The molecule has 0 saturated heterocycles. The van der Waals surface area contributed by atoms with E-state index in [1.54, 1.807) is 6.92 Å². The highest BCUT2D eigenvalue weighted by Gasteiger charge is 2.34. The number of alkyl halides is 4. The number of imidazole rings is 1. The fraction of sp³-hybridized carbons (Fsp3) is 0.350. The van der Waals surface area contributed by atoms with Gasteiger partial charge in [-0.05, 0) is 19.1 Å². The van der Waals surface area contributed by atoms with Crippen molar-refractivity contribution in [1.82, 2.24) is 14.4 Å². The first kappa shape index (κ1) is 22.5. The maximum Gasteiger partial charge on any atom is 0.293 e. The second-order valence-electron chi connectivity index (χ2n) is 6.53. The number of carbonyl (C=O) groups is 1. The molecule has 3 rings (SSSR count). The zero-order valence-corrected chi connectivity index (χ0v) is 16.7. The monoisotopic (exact) mass is 440 g/mol. The second kappa shape index (κ2) is 9.29. The number of rotatable bonds is 9. The van der Waals surface area contributed by atoms with Crippen LogP contribution in [-0.4, -0.2) is 40.6 Å². The number of nitrogens with zero attached hydrogens (tertiary/aromatic N) is 3. The van der Waals surface area contributed by atoms with Crippen LogP contribution < -0.4 is 10.1 Å². The summed E-state index contributed by atoms with van der Waals surface area (Å²) in [6.45, 7) is 1.80. The first-order valence-electron chi connectivity index (χ1n) is 9.34. The Morgan fingerprint density at radius 1 is 1.26 bits per heavy atom. The van der Waals surface area contributed by atoms with Crippen LogP contribution >= 0.6 is 0 Å². The molecule has 0 saturated carbocycles. The molecule has 0 aliphatic rings. The summed E-state index contributed by atoms with van der Waals surface area (Å²) < 4.78 is 65.9. The van der Waals surface area contributed by atoms with Gasteiger partial charge in [0.1, 0.15) is 34.2 Å². The van der Waals surface area contributed by atoms with Gasteiger partial charge in [0.25, 0.3) is 18.3 Å². The summed E-state index contributed by atoms with van der Waals surface area (Å²) >= 11 is 0. The number of carbonyl (C=O) groups excluding carboxylic acids is 1. The van der Waals surface area contributed by atoms with Crippen molar-refractivity contribution in [3.63, 3.8) is 0 Å². The van der Waals surface area contributed by atoms with E-state index >= 15 is 0 Å². The number of halogens is 4. The van der Waals surface area contributed by atoms with Crippen molar-refractivity contribution in [1.29, 1.82) is 0 Å². The van der Waals surface area contributed by atoms with Crippen LogP contribution in [0, 0.1) is 0 Å². The van der Waals surface area contributed by atoms with Gasteiger partial charge in [-0.2, -0.15) is 8.78 Å². The Hall–Kier alpha value is -3.21. The summed E-state index contributed by atoms with van der Waals surface area (Å²) in [7, 11) is 1.33. The molecule has 3 aromatic rings. The summed E-state index contributed by atoms with van der Waals surface area (Å²) in [6.07, 6.45) is -0.863. The van der Waals surface area contributed by atoms with Crippen molar-refractivity contribution < 1.29 is 31.8 Å². The van der Waals surface area contributed by atoms with Crippen molar-refractivity contribution in [3.05, 3.63) is 53.7 Å². The minimum Gasteiger partial charge on any atom is -0.491 e. The van der Waals surface area contributed by atoms with E-state index in [-0.39, 0.29) is 36.0 Å². The van der Waals surface area contributed by atoms with Crippen LogP contribution in [0.5, 0.6) is 5.75 Å². The number of hydrogen-bond donors (Lipinski definition) is 1. The van der Waals surface area contributed by atoms with Gasteiger partial charge in [0, 0.05) is 32.0 Å². The van der Waals surface area contributed by atoms with Gasteiger partial charge in [-0.3, -0.25) is 4.79 Å². The van der Waals surface area contributed by atoms with Crippen LogP contribution in [0.2, 0.25) is 0 Å². The fourth-order valence-corrected chi connectivity index (χ4v) is 2.80. The lowest BCUT2D eigenvalue weighted by atomic mass is 10.2. The van der Waals surface area contributed by atoms with E-state index in [1.165, 1.54) is 35.9 Å². The SMILES string of the molecule is CCOc1cc2nc(C(F)(F)CCOC)cn2cc1NC(=O)c1cccc(C(F)F)n1. The number of pyridine rings is 2. The number of fused-ring (bicyclic) bond motifs is 1. The number of aromatic nitrogens is 3. The smallest absolute Gasteiger partial charge is 0.293 e. The Balaban J connectivity index is 1.94. The van der Waals surface area contributed by atoms with E-state index in [1.807, 2.05) is 0 Å². The molecule has 0 aromatic carbocycles. The zero-order valence-electron chi connectivity index (χ0n) is 16.7. The lowest BCUT2D eigenvalue weighted by molar-refractivity contribution is -0.0360. The average molecular weight is 440 g/mol. The van der Waals surface area contributed by atoms with E-state index in [9.17, 15) is 22.4 Å². The molecule has 0 bridgehead atoms. The van der Waals surface area contributed by atoms with E-state index in [0.29, 0.717) is 0 Å². The Kier molecular flexibility index (Phi) is 6.74. The summed E-state index contributed by atoms with van der Waals surface area (Å²) in [5.74, 6) is -3.78. The molecular weight excluding hydrogens is 420 g/mol. The third-order valence-electron chi connectivity index (χ3n) is 4.32. The largest absolute Gasteiger partial charge is 0.491 e. The predicted octanol–water partition coefficient (Wildman–Crippen LogP) is 4.45. The highest BCUT2D eigenvalue weighted by atomic mass is 19.3. The fourth-order valence-electron chi connectivity index (χ4n) is 2.80. The first-order chi connectivity index (χ1) is 14.7. The Labute approximate surface area is 175 Å². The number of nitrogens with one attached hydrogen (secondary N) is 1. The number of amides is 1. The molecule has 7 nitrogen and oxygen atoms in total. The van der Waals surface area contributed by atoms with Crippen molar-refractivity contribution in [2.45, 2.75) is 25.7 Å². The summed E-state index contributed by atoms with van der Waals surface area (Å²) in [4.78, 5) is 20.1. The van der Waals surface area contributed by atoms with Gasteiger partial charge < -0.3 is 19.2 Å². The standard InChI is InChI=1S/C20H20F4N4O3/c1-3-31-15-9-17-27-16(20(23,24)7-8-30-2)11-28(17)10-14(15)26-19(29)13-6-4-5-12(25-13)18(21)22/h4-6,9-11,18H,3,7-8H2,1-2H3,(H,26,29). The molecular formula is C20H20F4N4O3. The summed E-state index contributed by atoms with van der Waals surface area (Å²) in [5.41, 5.74) is -0.885. The number of anilines is 1. The van der Waals surface area contributed by atoms with E-state index in [0.717, 1.165) is 12.3 Å². The minimum absolute atomic E-state index is 0.142. The molecule has 1 N–H and O–H groups in total. The van der Waals surface area contributed by atoms with Gasteiger partial charge in [-0.25, -0.2) is 18.7 Å². The second-order valence-corrected chi connectivity index (χ2v) is 6.53. The van der Waals surface area contributed by atoms with Gasteiger partial charge >= 0.3 is 0 Å². The third-order valence-corrected chi connectivity index (χ3v) is 4.32. The van der Waals surface area contributed by atoms with E-state index in [4.69, 9.17) is 9.47 Å². The maximum absolute atomic E-state index is 14.3. The molecule has 0 atom stereocenters. The van der Waals surface area contributed by atoms with Gasteiger partial charge in [0.15, 0.2) is 0 Å². The molecule has 3 heterocycles. The molecule has 1 amide bonds. The van der Waals surface area contributed by atoms with Crippen LogP contribution in [0.3, 0.4) is 0 Å². The van der Waals surface area contributed by atoms with Crippen LogP contribution in [0.25, 0.3) is 5.65 Å². The van der Waals surface area contributed by atoms with Crippen molar-refractivity contribution in [2.24, 2.45) is 0 Å². The lowest BCUT2D eigenvalue weighted by Crippen LogP contribution is -2.16. The van der Waals surface area contributed by atoms with Crippen LogP contribution in [0.4, 0.5) is 23.2 Å². The normalized spacial score (nSPS) is 11.8. The average Bonchev–Trinajstić information content (AvgIpc) is 3.16. The molecule has 0 aliphatic carbocycles. The number of methoxy groups -OCH3 is 1. The van der Waals surface area contributed by atoms with Crippen LogP contribution in [-0.2, 0) is 10.7 Å². The topological polar surface area (TPSA) is 77.8 Å². The minimum atomic E-state index is -3.21. The van der Waals surface area contributed by atoms with Crippen molar-refractivity contribution in [2.75, 3.05) is 25.6 Å². The van der Waals surface area contributed by atoms with E-state index in [2.05, 4.69) is 15.3 Å². The van der Waals surface area contributed by atoms with Gasteiger partial charge in [-0.1, -0.05) is 6.07 Å². The first-order valence-corrected chi connectivity index (χ1v) is 9.34. The molecule has 0 unspecified atom stereocenters. The molecule has 11 heteroatoms. The lowest BCUT2D eigenvalue weighted by Gasteiger charge is -2.12. The zero-order chi connectivity index (χ0) is 22.6. The summed E-state index contributed by atoms with van der Waals surface area (Å²) in [6, 6.07) is 5.08. The highest BCUT2D eigenvalue weighted by Crippen LogP contribution is 2.33. The molecule has 0 radical (unpaired) electrons. The highest BCUT2D eigenvalue weighted by molar-refractivity contribution is 6.03. The van der Waals surface area contributed by atoms with Gasteiger partial charge in [0.05, 0.1) is 13.2 Å². The van der Waals surface area contributed by atoms with Gasteiger partial charge in [0.2, 0.25) is 0 Å². The number of hydrogen-bond acceptors (Lipinski definition) is 5. The van der Waals surface area contributed by atoms with Crippen LogP contribution in [0.1, 0.15) is 41.6 Å². The predicted molar refractivity (Wildman–Crippen MR) is 104 cm³/mol. The maximum atomic E-state index is 14.3. The summed E-state index contributed by atoms with van der Waals surface area (Å²) in [5, 5.41) is 2.52. The van der Waals surface area contributed by atoms with Crippen molar-refractivity contribution in [3.8, 4) is 5.75 Å². The molecule has 0 fully saturated rings. The molecule has 31 heavy (non-hydrogen) atoms. The molecule has 166 valence electrons. The molecule has 0 aliphatic heterocycles. The Morgan fingerprint density at radius 3 is 2.71 bits per heavy atom. The quantitative estimate of drug-likeness (QED) is 0.498. The van der Waals surface area contributed by atoms with E-state index < -0.39 is 36.1 Å². The third kappa shape index (κ3) is 5.10. The molecule has 3 aromatic heterocycles. The molecule has 0 spiro atoms. The Bertz CT molecular complexity index is 1070. The number of ether oxygens (including phenoxy) is 2. The Morgan fingerprint density at radius 2 is 2.03 bits per heavy atom. The van der Waals surface area contributed by atoms with Crippen LogP contribution in [0.15, 0.2) is 36.7 Å². The van der Waals surface area contributed by atoms with Gasteiger partial charge in [-0.15, -0.1) is 0 Å².